The number of hydrogen-bond donors (Lipinski definition) is 3. The van der Waals surface area contributed by atoms with E-state index in [0.717, 1.165) is 5.69 Å². The molecular weight excluding hydrogens is 244 g/mol. The summed E-state index contributed by atoms with van der Waals surface area (Å²) in [6, 6.07) is 9.50. The maximum Gasteiger partial charge on any atom is 0.240 e. The van der Waals surface area contributed by atoms with Crippen molar-refractivity contribution in [3.05, 3.63) is 30.3 Å². The van der Waals surface area contributed by atoms with Crippen molar-refractivity contribution in [3.63, 3.8) is 0 Å². The smallest absolute Gasteiger partial charge is 0.240 e. The number of nitrogens with one attached hydrogen (secondary N) is 2. The molecule has 6 heteroatoms. The average molecular weight is 262 g/mol. The standard InChI is InChI=1S/C13H18N4O2/c1-11(15-17-13(19)8-5-9-18)10-14-16-12-6-3-2-4-7-12/h2-4,6-7,10,16,18H,5,8-9H2,1H3,(H,17,19)/b14-10-,15-11-. The highest BCUT2D eigenvalue weighted by Gasteiger charge is 1.97. The van der Waals surface area contributed by atoms with Crippen LogP contribution in [0.3, 0.4) is 0 Å². The lowest BCUT2D eigenvalue weighted by atomic mass is 10.3. The summed E-state index contributed by atoms with van der Waals surface area (Å²) in [6.45, 7) is 1.72. The van der Waals surface area contributed by atoms with Gasteiger partial charge in [0.1, 0.15) is 0 Å². The Hall–Kier alpha value is -2.21. The minimum absolute atomic E-state index is 0.00142. The van der Waals surface area contributed by atoms with Crippen molar-refractivity contribution >= 4 is 23.5 Å². The summed E-state index contributed by atoms with van der Waals surface area (Å²) in [5.41, 5.74) is 6.67. The first kappa shape index (κ1) is 14.8. The third-order valence-corrected chi connectivity index (χ3v) is 2.14. The number of para-hydroxylation sites is 1. The Morgan fingerprint density at radius 1 is 1.37 bits per heavy atom. The van der Waals surface area contributed by atoms with E-state index in [0.29, 0.717) is 12.1 Å². The molecule has 1 amide bonds. The third kappa shape index (κ3) is 6.95. The lowest BCUT2D eigenvalue weighted by Gasteiger charge is -1.99. The Morgan fingerprint density at radius 2 is 2.11 bits per heavy atom. The number of nitrogens with zero attached hydrogens (tertiary/aromatic N) is 2. The normalized spacial score (nSPS) is 11.6. The number of aliphatic hydroxyl groups excluding tert-OH is 1. The maximum absolute atomic E-state index is 11.2. The second-order valence-electron chi connectivity index (χ2n) is 3.85. The number of aliphatic hydroxyl groups is 1. The van der Waals surface area contributed by atoms with Gasteiger partial charge in [-0.1, -0.05) is 18.2 Å². The van der Waals surface area contributed by atoms with Gasteiger partial charge in [-0.15, -0.1) is 0 Å². The molecule has 0 heterocycles. The van der Waals surface area contributed by atoms with Crippen molar-refractivity contribution in [1.29, 1.82) is 0 Å². The summed E-state index contributed by atoms with van der Waals surface area (Å²) in [4.78, 5) is 11.2. The highest BCUT2D eigenvalue weighted by atomic mass is 16.3. The van der Waals surface area contributed by atoms with Gasteiger partial charge in [0.05, 0.1) is 17.6 Å². The molecule has 0 aliphatic carbocycles. The number of carbonyl (C=O) groups is 1. The molecule has 0 atom stereocenters. The predicted octanol–water partition coefficient (Wildman–Crippen LogP) is 1.35. The SMILES string of the molecule is CC(/C=N\Nc1ccccc1)=N/NC(=O)CCCO. The number of hydrazone groups is 2. The van der Waals surface area contributed by atoms with Gasteiger partial charge in [-0.25, -0.2) is 5.43 Å². The van der Waals surface area contributed by atoms with Crippen LogP contribution in [-0.2, 0) is 4.79 Å². The van der Waals surface area contributed by atoms with Crippen LogP contribution in [0.25, 0.3) is 0 Å². The first-order valence-corrected chi connectivity index (χ1v) is 6.00. The quantitative estimate of drug-likeness (QED) is 0.512. The molecule has 0 fully saturated rings. The molecule has 0 bridgehead atoms. The van der Waals surface area contributed by atoms with Gasteiger partial charge in [0, 0.05) is 13.0 Å². The molecule has 0 unspecified atom stereocenters. The summed E-state index contributed by atoms with van der Waals surface area (Å²) in [5.74, 6) is -0.224. The highest BCUT2D eigenvalue weighted by Crippen LogP contribution is 2.03. The van der Waals surface area contributed by atoms with Crippen LogP contribution in [-0.4, -0.2) is 29.5 Å². The molecule has 0 aromatic heterocycles. The molecule has 3 N–H and O–H groups in total. The van der Waals surface area contributed by atoms with Crippen LogP contribution in [0.15, 0.2) is 40.5 Å². The van der Waals surface area contributed by atoms with Crippen LogP contribution in [0.4, 0.5) is 5.69 Å². The maximum atomic E-state index is 11.2. The van der Waals surface area contributed by atoms with E-state index < -0.39 is 0 Å². The first-order valence-electron chi connectivity index (χ1n) is 6.00. The monoisotopic (exact) mass is 262 g/mol. The molecule has 1 aromatic rings. The summed E-state index contributed by atoms with van der Waals surface area (Å²) < 4.78 is 0. The van der Waals surface area contributed by atoms with Crippen molar-refractivity contribution in [3.8, 4) is 0 Å². The van der Waals surface area contributed by atoms with E-state index in [4.69, 9.17) is 5.11 Å². The molecule has 102 valence electrons. The summed E-state index contributed by atoms with van der Waals surface area (Å²) in [5, 5.41) is 16.4. The zero-order valence-corrected chi connectivity index (χ0v) is 10.8. The minimum atomic E-state index is -0.224. The Balaban J connectivity index is 2.33. The van der Waals surface area contributed by atoms with Crippen LogP contribution < -0.4 is 10.9 Å². The molecule has 6 nitrogen and oxygen atoms in total. The largest absolute Gasteiger partial charge is 0.396 e. The van der Waals surface area contributed by atoms with E-state index in [1.165, 1.54) is 6.21 Å². The molecule has 0 saturated heterocycles. The van der Waals surface area contributed by atoms with Gasteiger partial charge in [0.15, 0.2) is 0 Å². The fourth-order valence-corrected chi connectivity index (χ4v) is 1.19. The van der Waals surface area contributed by atoms with Crippen LogP contribution in [0.5, 0.6) is 0 Å². The van der Waals surface area contributed by atoms with E-state index in [-0.39, 0.29) is 18.9 Å². The Kier molecular flexibility index (Phi) is 6.89. The van der Waals surface area contributed by atoms with Gasteiger partial charge in [0.25, 0.3) is 0 Å². The molecule has 19 heavy (non-hydrogen) atoms. The number of hydrogen-bond acceptors (Lipinski definition) is 5. The van der Waals surface area contributed by atoms with Crippen molar-refractivity contribution in [2.24, 2.45) is 10.2 Å². The van der Waals surface area contributed by atoms with Crippen molar-refractivity contribution < 1.29 is 9.90 Å². The average Bonchev–Trinajstić information content (AvgIpc) is 2.44. The van der Waals surface area contributed by atoms with Crippen molar-refractivity contribution in [1.82, 2.24) is 5.43 Å². The number of amides is 1. The molecule has 1 aromatic carbocycles. The minimum Gasteiger partial charge on any atom is -0.396 e. The molecule has 0 aliphatic rings. The third-order valence-electron chi connectivity index (χ3n) is 2.14. The van der Waals surface area contributed by atoms with Gasteiger partial charge in [-0.2, -0.15) is 10.2 Å². The first-order chi connectivity index (χ1) is 9.22. The van der Waals surface area contributed by atoms with Gasteiger partial charge >= 0.3 is 0 Å². The summed E-state index contributed by atoms with van der Waals surface area (Å²) in [6.07, 6.45) is 2.20. The molecule has 0 saturated carbocycles. The van der Waals surface area contributed by atoms with Gasteiger partial charge < -0.3 is 5.11 Å². The Labute approximate surface area is 112 Å². The van der Waals surface area contributed by atoms with Gasteiger partial charge in [0.2, 0.25) is 5.91 Å². The predicted molar refractivity (Wildman–Crippen MR) is 76.1 cm³/mol. The van der Waals surface area contributed by atoms with Crippen LogP contribution >= 0.6 is 0 Å². The van der Waals surface area contributed by atoms with Crippen molar-refractivity contribution in [2.45, 2.75) is 19.8 Å². The van der Waals surface area contributed by atoms with Crippen LogP contribution in [0.2, 0.25) is 0 Å². The Morgan fingerprint density at radius 3 is 2.79 bits per heavy atom. The molecule has 0 aliphatic heterocycles. The van der Waals surface area contributed by atoms with E-state index in [1.807, 2.05) is 30.3 Å². The van der Waals surface area contributed by atoms with Crippen molar-refractivity contribution in [2.75, 3.05) is 12.0 Å². The van der Waals surface area contributed by atoms with E-state index in [9.17, 15) is 4.79 Å². The van der Waals surface area contributed by atoms with Crippen LogP contribution in [0, 0.1) is 0 Å². The Bertz CT molecular complexity index is 443. The van der Waals surface area contributed by atoms with Gasteiger partial charge in [-0.05, 0) is 25.5 Å². The molecule has 0 radical (unpaired) electrons. The highest BCUT2D eigenvalue weighted by molar-refractivity contribution is 6.29. The lowest BCUT2D eigenvalue weighted by molar-refractivity contribution is -0.121. The number of rotatable bonds is 7. The van der Waals surface area contributed by atoms with E-state index >= 15 is 0 Å². The van der Waals surface area contributed by atoms with E-state index in [1.54, 1.807) is 6.92 Å². The fraction of sp³-hybridized carbons (Fsp3) is 0.308. The lowest BCUT2D eigenvalue weighted by Crippen LogP contribution is -2.19. The number of anilines is 1. The number of benzene rings is 1. The van der Waals surface area contributed by atoms with Crippen LogP contribution in [0.1, 0.15) is 19.8 Å². The topological polar surface area (TPSA) is 86.1 Å². The number of carbonyl (C=O) groups excluding carboxylic acids is 1. The fourth-order valence-electron chi connectivity index (χ4n) is 1.19. The van der Waals surface area contributed by atoms with E-state index in [2.05, 4.69) is 21.1 Å². The zero-order valence-electron chi connectivity index (χ0n) is 10.8. The molecule has 1 rings (SSSR count). The summed E-state index contributed by atoms with van der Waals surface area (Å²) in [7, 11) is 0. The second kappa shape index (κ2) is 8.82. The molecule has 0 spiro atoms. The molecular formula is C13H18N4O2. The van der Waals surface area contributed by atoms with Gasteiger partial charge in [-0.3, -0.25) is 10.2 Å². The zero-order chi connectivity index (χ0) is 13.9. The summed E-state index contributed by atoms with van der Waals surface area (Å²) >= 11 is 0. The second-order valence-corrected chi connectivity index (χ2v) is 3.85.